The zero-order chi connectivity index (χ0) is 21.6. The summed E-state index contributed by atoms with van der Waals surface area (Å²) in [6.45, 7) is 2.01. The minimum atomic E-state index is -0.950. The number of aromatic carboxylic acids is 1. The Bertz CT molecular complexity index is 1040. The normalized spacial score (nSPS) is 26.8. The molecule has 1 saturated carbocycles. The summed E-state index contributed by atoms with van der Waals surface area (Å²) in [7, 11) is 0. The zero-order valence-electron chi connectivity index (χ0n) is 17.4. The molecule has 1 spiro atoms. The second-order valence-corrected chi connectivity index (χ2v) is 9.67. The van der Waals surface area contributed by atoms with Gasteiger partial charge in [-0.3, -0.25) is 0 Å². The molecule has 31 heavy (non-hydrogen) atoms. The van der Waals surface area contributed by atoms with E-state index < -0.39 is 5.97 Å². The number of benzene rings is 2. The summed E-state index contributed by atoms with van der Waals surface area (Å²) < 4.78 is 6.34. The van der Waals surface area contributed by atoms with E-state index in [2.05, 4.69) is 17.0 Å². The molecule has 5 rings (SSSR count). The largest absolute Gasteiger partial charge is 0.490 e. The zero-order valence-corrected chi connectivity index (χ0v) is 18.1. The first-order chi connectivity index (χ1) is 15.0. The van der Waals surface area contributed by atoms with E-state index in [0.717, 1.165) is 62.2 Å². The summed E-state index contributed by atoms with van der Waals surface area (Å²) in [6.07, 6.45) is 6.09. The molecule has 2 aliphatic carbocycles. The Morgan fingerprint density at radius 2 is 2.13 bits per heavy atom. The number of hydrogen-bond donors (Lipinski definition) is 1. The van der Waals surface area contributed by atoms with Gasteiger partial charge in [-0.05, 0) is 79.5 Å². The third kappa shape index (κ3) is 3.59. The molecule has 1 aliphatic heterocycles. The predicted molar refractivity (Wildman–Crippen MR) is 119 cm³/mol. The maximum absolute atomic E-state index is 11.6. The van der Waals surface area contributed by atoms with Gasteiger partial charge in [-0.15, -0.1) is 0 Å². The molecule has 0 saturated heterocycles. The Balaban J connectivity index is 1.57. The van der Waals surface area contributed by atoms with E-state index in [1.807, 2.05) is 6.07 Å². The van der Waals surface area contributed by atoms with Crippen LogP contribution in [-0.2, 0) is 16.6 Å². The molecule has 1 fully saturated rings. The molecule has 1 heterocycles. The lowest BCUT2D eigenvalue weighted by Gasteiger charge is -2.43. The Kier molecular flexibility index (Phi) is 5.17. The van der Waals surface area contributed by atoms with Gasteiger partial charge in [0.05, 0.1) is 17.9 Å². The molecule has 1 N–H and O–H groups in total. The number of ether oxygens (including phenoxy) is 1. The lowest BCUT2D eigenvalue weighted by molar-refractivity contribution is -0.115. The first-order valence-corrected chi connectivity index (χ1v) is 11.4. The number of carbonyl (C=O) groups excluding carboxylic acids is 1. The number of aryl methyl sites for hydroxylation is 1. The molecular weight excluding hydrogens is 414 g/mol. The van der Waals surface area contributed by atoms with Crippen LogP contribution in [0.3, 0.4) is 0 Å². The molecule has 0 radical (unpaired) electrons. The number of anilines is 1. The summed E-state index contributed by atoms with van der Waals surface area (Å²) in [5, 5.41) is 10.3. The average molecular weight is 440 g/mol. The van der Waals surface area contributed by atoms with E-state index >= 15 is 0 Å². The number of nitrogens with zero attached hydrogens (tertiary/aromatic N) is 1. The van der Waals surface area contributed by atoms with Gasteiger partial charge in [0.2, 0.25) is 0 Å². The number of carboxylic acid groups (broad SMARTS) is 1. The fourth-order valence-electron chi connectivity index (χ4n) is 5.53. The van der Waals surface area contributed by atoms with Crippen molar-refractivity contribution in [3.05, 3.63) is 58.1 Å². The van der Waals surface area contributed by atoms with Crippen molar-refractivity contribution in [2.45, 2.75) is 37.5 Å². The predicted octanol–water partition coefficient (Wildman–Crippen LogP) is 4.74. The highest BCUT2D eigenvalue weighted by Gasteiger charge is 2.43. The summed E-state index contributed by atoms with van der Waals surface area (Å²) in [5.74, 6) is 0.143. The van der Waals surface area contributed by atoms with Gasteiger partial charge in [0.15, 0.2) is 0 Å². The average Bonchev–Trinajstić information content (AvgIpc) is 2.89. The van der Waals surface area contributed by atoms with Gasteiger partial charge in [-0.25, -0.2) is 4.79 Å². The molecule has 0 bridgehead atoms. The monoisotopic (exact) mass is 439 g/mol. The molecule has 3 aliphatic rings. The number of halogens is 1. The number of hydrogen-bond acceptors (Lipinski definition) is 4. The molecule has 0 unspecified atom stereocenters. The van der Waals surface area contributed by atoms with Gasteiger partial charge >= 0.3 is 5.97 Å². The number of carbonyl (C=O) groups is 2. The van der Waals surface area contributed by atoms with E-state index in [1.165, 1.54) is 11.1 Å². The van der Waals surface area contributed by atoms with Crippen molar-refractivity contribution in [1.29, 1.82) is 0 Å². The van der Waals surface area contributed by atoms with Crippen LogP contribution in [0.4, 0.5) is 5.69 Å². The highest BCUT2D eigenvalue weighted by atomic mass is 35.5. The fraction of sp³-hybridized carbons (Fsp3) is 0.440. The first-order valence-electron chi connectivity index (χ1n) is 11.0. The standard InChI is InChI=1S/C25H26ClNO4/c26-20-6-7-21-16(10-20)2-1-9-25(21)14-27(12-18-3-4-19(18)13-28)22-11-17(24(29)30)5-8-23(22)31-15-25/h5-8,10-11,13,18-19H,1-4,9,12,14-15H2,(H,29,30)/t18-,19-,25-/m0/s1. The minimum Gasteiger partial charge on any atom is -0.490 e. The Morgan fingerprint density at radius 3 is 2.87 bits per heavy atom. The van der Waals surface area contributed by atoms with Crippen LogP contribution in [0.5, 0.6) is 5.75 Å². The molecule has 5 nitrogen and oxygen atoms in total. The number of fused-ring (bicyclic) bond motifs is 3. The summed E-state index contributed by atoms with van der Waals surface area (Å²) in [4.78, 5) is 25.4. The van der Waals surface area contributed by atoms with Crippen molar-refractivity contribution < 1.29 is 19.4 Å². The van der Waals surface area contributed by atoms with Gasteiger partial charge in [0.1, 0.15) is 12.0 Å². The Morgan fingerprint density at radius 1 is 1.26 bits per heavy atom. The van der Waals surface area contributed by atoms with Crippen LogP contribution in [0.2, 0.25) is 5.02 Å². The van der Waals surface area contributed by atoms with E-state index in [1.54, 1.807) is 18.2 Å². The summed E-state index contributed by atoms with van der Waals surface area (Å²) in [6, 6.07) is 11.2. The van der Waals surface area contributed by atoms with Crippen molar-refractivity contribution in [2.75, 3.05) is 24.6 Å². The SMILES string of the molecule is O=C[C@@H]1CC[C@H]1CN1C[C@@]2(CCCc3cc(Cl)ccc32)COc2ccc(C(=O)O)cc21. The lowest BCUT2D eigenvalue weighted by Crippen LogP contribution is -2.48. The van der Waals surface area contributed by atoms with E-state index in [9.17, 15) is 14.7 Å². The second-order valence-electron chi connectivity index (χ2n) is 9.23. The first kappa shape index (κ1) is 20.4. The van der Waals surface area contributed by atoms with Gasteiger partial charge < -0.3 is 19.5 Å². The third-order valence-electron chi connectivity index (χ3n) is 7.39. The van der Waals surface area contributed by atoms with E-state index in [-0.39, 0.29) is 16.9 Å². The van der Waals surface area contributed by atoms with Crippen LogP contribution in [-0.4, -0.2) is 37.1 Å². The quantitative estimate of drug-likeness (QED) is 0.697. The minimum absolute atomic E-state index is 0.0867. The van der Waals surface area contributed by atoms with E-state index in [4.69, 9.17) is 16.3 Å². The van der Waals surface area contributed by atoms with Crippen LogP contribution in [0, 0.1) is 11.8 Å². The molecule has 2 aromatic carbocycles. The second kappa shape index (κ2) is 7.86. The van der Waals surface area contributed by atoms with Gasteiger partial charge in [0.25, 0.3) is 0 Å². The Hall–Kier alpha value is -2.53. The number of aldehydes is 1. The topological polar surface area (TPSA) is 66.8 Å². The van der Waals surface area contributed by atoms with Gasteiger partial charge in [0, 0.05) is 29.4 Å². The fourth-order valence-corrected chi connectivity index (χ4v) is 5.73. The van der Waals surface area contributed by atoms with Crippen molar-refractivity contribution in [2.24, 2.45) is 11.8 Å². The van der Waals surface area contributed by atoms with Crippen molar-refractivity contribution in [1.82, 2.24) is 0 Å². The number of carboxylic acids is 1. The maximum Gasteiger partial charge on any atom is 0.335 e. The van der Waals surface area contributed by atoms with Crippen molar-refractivity contribution in [3.63, 3.8) is 0 Å². The number of rotatable bonds is 4. The van der Waals surface area contributed by atoms with Crippen molar-refractivity contribution in [3.8, 4) is 5.75 Å². The smallest absolute Gasteiger partial charge is 0.335 e. The highest BCUT2D eigenvalue weighted by Crippen LogP contribution is 2.45. The van der Waals surface area contributed by atoms with Crippen molar-refractivity contribution >= 4 is 29.5 Å². The lowest BCUT2D eigenvalue weighted by atomic mass is 9.69. The van der Waals surface area contributed by atoms with Crippen LogP contribution < -0.4 is 9.64 Å². The maximum atomic E-state index is 11.6. The van der Waals surface area contributed by atoms with E-state index in [0.29, 0.717) is 18.3 Å². The molecule has 0 amide bonds. The van der Waals surface area contributed by atoms with Crippen LogP contribution in [0.1, 0.15) is 47.2 Å². The third-order valence-corrected chi connectivity index (χ3v) is 7.63. The molecule has 2 aromatic rings. The van der Waals surface area contributed by atoms with Crippen LogP contribution in [0.25, 0.3) is 0 Å². The summed E-state index contributed by atoms with van der Waals surface area (Å²) >= 11 is 6.28. The molecule has 3 atom stereocenters. The molecule has 162 valence electrons. The van der Waals surface area contributed by atoms with Crippen LogP contribution in [0.15, 0.2) is 36.4 Å². The molecular formula is C25H26ClNO4. The summed E-state index contributed by atoms with van der Waals surface area (Å²) in [5.41, 5.74) is 3.42. The van der Waals surface area contributed by atoms with Crippen LogP contribution >= 0.6 is 11.6 Å². The highest BCUT2D eigenvalue weighted by molar-refractivity contribution is 6.30. The van der Waals surface area contributed by atoms with Gasteiger partial charge in [-0.2, -0.15) is 0 Å². The Labute approximate surface area is 187 Å². The molecule has 6 heteroatoms. The molecule has 0 aromatic heterocycles. The van der Waals surface area contributed by atoms with Gasteiger partial charge in [-0.1, -0.05) is 17.7 Å².